The summed E-state index contributed by atoms with van der Waals surface area (Å²) in [5.41, 5.74) is 0.561. The Kier molecular flexibility index (Phi) is 4.30. The van der Waals surface area contributed by atoms with Crippen LogP contribution in [-0.4, -0.2) is 5.91 Å². The Labute approximate surface area is 124 Å². The van der Waals surface area contributed by atoms with E-state index in [2.05, 4.69) is 5.32 Å². The Bertz CT molecular complexity index is 646. The van der Waals surface area contributed by atoms with Crippen LogP contribution in [0.15, 0.2) is 36.4 Å². The van der Waals surface area contributed by atoms with Gasteiger partial charge in [0.05, 0.1) is 21.3 Å². The molecule has 0 aliphatic heterocycles. The lowest BCUT2D eigenvalue weighted by molar-refractivity contribution is 0.102. The van der Waals surface area contributed by atoms with Gasteiger partial charge in [0.1, 0.15) is 5.82 Å². The van der Waals surface area contributed by atoms with Gasteiger partial charge in [-0.3, -0.25) is 4.79 Å². The van der Waals surface area contributed by atoms with Crippen molar-refractivity contribution in [2.24, 2.45) is 0 Å². The lowest BCUT2D eigenvalue weighted by Gasteiger charge is -2.08. The number of anilines is 1. The molecule has 0 aromatic heterocycles. The third-order valence-corrected chi connectivity index (χ3v) is 3.22. The van der Waals surface area contributed by atoms with E-state index in [1.165, 1.54) is 24.3 Å². The number of carbonyl (C=O) groups is 1. The predicted octanol–water partition coefficient (Wildman–Crippen LogP) is 5.04. The fraction of sp³-hybridized carbons (Fsp3) is 0. The van der Waals surface area contributed by atoms with Gasteiger partial charge >= 0.3 is 0 Å². The van der Waals surface area contributed by atoms with Crippen molar-refractivity contribution < 1.29 is 9.18 Å². The van der Waals surface area contributed by atoms with Crippen molar-refractivity contribution in [1.29, 1.82) is 0 Å². The van der Waals surface area contributed by atoms with Crippen molar-refractivity contribution >= 4 is 46.4 Å². The molecule has 2 aromatic rings. The molecule has 0 aliphatic rings. The Balaban J connectivity index is 2.25. The van der Waals surface area contributed by atoms with E-state index in [9.17, 15) is 9.18 Å². The standard InChI is InChI=1S/C13H7Cl3FNO/c14-7-1-3-9(10(15)5-7)13(19)18-12-4-2-8(17)6-11(12)16/h1-6H,(H,18,19). The van der Waals surface area contributed by atoms with Gasteiger partial charge in [-0.15, -0.1) is 0 Å². The van der Waals surface area contributed by atoms with Gasteiger partial charge in [-0.2, -0.15) is 0 Å². The molecule has 2 aromatic carbocycles. The van der Waals surface area contributed by atoms with E-state index < -0.39 is 11.7 Å². The van der Waals surface area contributed by atoms with Gasteiger partial charge < -0.3 is 5.32 Å². The summed E-state index contributed by atoms with van der Waals surface area (Å²) in [5, 5.41) is 3.32. The third kappa shape index (κ3) is 3.38. The number of benzene rings is 2. The maximum atomic E-state index is 12.9. The Morgan fingerprint density at radius 2 is 1.74 bits per heavy atom. The molecule has 0 radical (unpaired) electrons. The summed E-state index contributed by atoms with van der Waals surface area (Å²) in [6.45, 7) is 0. The van der Waals surface area contributed by atoms with Gasteiger partial charge in [0.2, 0.25) is 0 Å². The second-order valence-electron chi connectivity index (χ2n) is 3.70. The van der Waals surface area contributed by atoms with Crippen LogP contribution in [0, 0.1) is 5.82 Å². The van der Waals surface area contributed by atoms with Crippen LogP contribution in [0.1, 0.15) is 10.4 Å². The minimum absolute atomic E-state index is 0.110. The average Bonchev–Trinajstić information content (AvgIpc) is 2.32. The highest BCUT2D eigenvalue weighted by atomic mass is 35.5. The third-order valence-electron chi connectivity index (χ3n) is 2.36. The van der Waals surface area contributed by atoms with Gasteiger partial charge in [-0.05, 0) is 36.4 Å². The molecule has 0 heterocycles. The van der Waals surface area contributed by atoms with Crippen molar-refractivity contribution in [3.8, 4) is 0 Å². The molecular weight excluding hydrogens is 312 g/mol. The van der Waals surface area contributed by atoms with Crippen molar-refractivity contribution in [3.63, 3.8) is 0 Å². The summed E-state index contributed by atoms with van der Waals surface area (Å²) in [4.78, 5) is 12.0. The van der Waals surface area contributed by atoms with Crippen molar-refractivity contribution in [3.05, 3.63) is 62.8 Å². The van der Waals surface area contributed by atoms with Crippen LogP contribution >= 0.6 is 34.8 Å². The quantitative estimate of drug-likeness (QED) is 0.826. The van der Waals surface area contributed by atoms with Crippen LogP contribution in [0.5, 0.6) is 0 Å². The summed E-state index contributed by atoms with van der Waals surface area (Å²) in [7, 11) is 0. The maximum absolute atomic E-state index is 12.9. The number of hydrogen-bond acceptors (Lipinski definition) is 1. The summed E-state index contributed by atoms with van der Waals surface area (Å²) in [6.07, 6.45) is 0. The molecule has 0 saturated heterocycles. The van der Waals surface area contributed by atoms with Gasteiger partial charge in [-0.1, -0.05) is 34.8 Å². The van der Waals surface area contributed by atoms with Crippen molar-refractivity contribution in [2.75, 3.05) is 5.32 Å². The van der Waals surface area contributed by atoms with Crippen molar-refractivity contribution in [2.45, 2.75) is 0 Å². The average molecular weight is 319 g/mol. The Morgan fingerprint density at radius 1 is 1.00 bits per heavy atom. The zero-order valence-corrected chi connectivity index (χ0v) is 11.7. The highest BCUT2D eigenvalue weighted by molar-refractivity contribution is 6.37. The normalized spacial score (nSPS) is 10.3. The number of halogens is 4. The molecule has 1 N–H and O–H groups in total. The van der Waals surface area contributed by atoms with E-state index >= 15 is 0 Å². The van der Waals surface area contributed by atoms with Gasteiger partial charge in [0.25, 0.3) is 5.91 Å². The van der Waals surface area contributed by atoms with Crippen LogP contribution in [0.4, 0.5) is 10.1 Å². The second-order valence-corrected chi connectivity index (χ2v) is 4.95. The molecule has 2 rings (SSSR count). The molecule has 0 spiro atoms. The molecule has 0 bridgehead atoms. The van der Waals surface area contributed by atoms with E-state index in [1.807, 2.05) is 0 Å². The molecule has 0 aliphatic carbocycles. The molecule has 19 heavy (non-hydrogen) atoms. The largest absolute Gasteiger partial charge is 0.321 e. The first-order valence-electron chi connectivity index (χ1n) is 5.19. The van der Waals surface area contributed by atoms with Crippen LogP contribution in [0.25, 0.3) is 0 Å². The molecule has 0 atom stereocenters. The molecule has 0 saturated carbocycles. The molecule has 6 heteroatoms. The van der Waals surface area contributed by atoms with Crippen molar-refractivity contribution in [1.82, 2.24) is 0 Å². The monoisotopic (exact) mass is 317 g/mol. The number of rotatable bonds is 2. The minimum atomic E-state index is -0.479. The van der Waals surface area contributed by atoms with Crippen LogP contribution in [-0.2, 0) is 0 Å². The topological polar surface area (TPSA) is 29.1 Å². The fourth-order valence-corrected chi connectivity index (χ4v) is 2.16. The fourth-order valence-electron chi connectivity index (χ4n) is 1.45. The molecule has 2 nitrogen and oxygen atoms in total. The lowest BCUT2D eigenvalue weighted by atomic mass is 10.2. The number of hydrogen-bond donors (Lipinski definition) is 1. The maximum Gasteiger partial charge on any atom is 0.257 e. The first-order chi connectivity index (χ1) is 8.97. The summed E-state index contributed by atoms with van der Waals surface area (Å²) in [6, 6.07) is 8.20. The molecule has 0 unspecified atom stereocenters. The zero-order valence-electron chi connectivity index (χ0n) is 9.38. The van der Waals surface area contributed by atoms with Gasteiger partial charge in [0.15, 0.2) is 0 Å². The zero-order chi connectivity index (χ0) is 14.0. The van der Waals surface area contributed by atoms with E-state index in [0.29, 0.717) is 10.7 Å². The van der Waals surface area contributed by atoms with E-state index in [0.717, 1.165) is 6.07 Å². The number of carbonyl (C=O) groups excluding carboxylic acids is 1. The second kappa shape index (κ2) is 5.78. The first kappa shape index (κ1) is 14.1. The number of nitrogens with one attached hydrogen (secondary N) is 1. The Hall–Kier alpha value is -1.29. The van der Waals surface area contributed by atoms with E-state index in [-0.39, 0.29) is 15.6 Å². The van der Waals surface area contributed by atoms with E-state index in [1.54, 1.807) is 6.07 Å². The molecule has 0 fully saturated rings. The highest BCUT2D eigenvalue weighted by Crippen LogP contribution is 2.25. The number of amides is 1. The Morgan fingerprint density at radius 3 is 2.37 bits per heavy atom. The van der Waals surface area contributed by atoms with E-state index in [4.69, 9.17) is 34.8 Å². The molecule has 98 valence electrons. The first-order valence-corrected chi connectivity index (χ1v) is 6.32. The highest BCUT2D eigenvalue weighted by Gasteiger charge is 2.12. The SMILES string of the molecule is O=C(Nc1ccc(F)cc1Cl)c1ccc(Cl)cc1Cl. The van der Waals surface area contributed by atoms with Gasteiger partial charge in [0, 0.05) is 5.02 Å². The molecule has 1 amide bonds. The van der Waals surface area contributed by atoms with Crippen LogP contribution in [0.2, 0.25) is 15.1 Å². The summed E-state index contributed by atoms with van der Waals surface area (Å²) >= 11 is 17.5. The van der Waals surface area contributed by atoms with Gasteiger partial charge in [-0.25, -0.2) is 4.39 Å². The van der Waals surface area contributed by atoms with Crippen LogP contribution < -0.4 is 5.32 Å². The smallest absolute Gasteiger partial charge is 0.257 e. The minimum Gasteiger partial charge on any atom is -0.321 e. The lowest BCUT2D eigenvalue weighted by Crippen LogP contribution is -2.12. The molecular formula is C13H7Cl3FNO. The summed E-state index contributed by atoms with van der Waals surface area (Å²) < 4.78 is 12.9. The van der Waals surface area contributed by atoms with Crippen LogP contribution in [0.3, 0.4) is 0 Å². The summed E-state index contributed by atoms with van der Waals surface area (Å²) in [5.74, 6) is -0.928. The predicted molar refractivity (Wildman–Crippen MR) is 75.8 cm³/mol.